The summed E-state index contributed by atoms with van der Waals surface area (Å²) in [6.45, 7) is 4.39. The standard InChI is InChI=1S/C17H26O2/c1-13(2)9-17(11-18,12-19)10-14-6-7-15-4-3-5-16(15)8-14/h6-8,13,18-19H,3-5,9-12H2,1-2H3. The van der Waals surface area contributed by atoms with Gasteiger partial charge in [0.05, 0.1) is 13.2 Å². The van der Waals surface area contributed by atoms with E-state index < -0.39 is 0 Å². The van der Waals surface area contributed by atoms with Gasteiger partial charge in [-0.2, -0.15) is 0 Å². The van der Waals surface area contributed by atoms with Crippen molar-refractivity contribution in [3.05, 3.63) is 34.9 Å². The van der Waals surface area contributed by atoms with Gasteiger partial charge in [0.15, 0.2) is 0 Å². The Kier molecular flexibility index (Phi) is 4.64. The number of hydrogen-bond donors (Lipinski definition) is 2. The van der Waals surface area contributed by atoms with Gasteiger partial charge in [0.1, 0.15) is 0 Å². The van der Waals surface area contributed by atoms with Crippen LogP contribution in [0.1, 0.15) is 43.4 Å². The summed E-state index contributed by atoms with van der Waals surface area (Å²) in [5.74, 6) is 0.480. The molecule has 1 aromatic carbocycles. The lowest BCUT2D eigenvalue weighted by atomic mass is 9.76. The number of rotatable bonds is 6. The molecule has 0 radical (unpaired) electrons. The van der Waals surface area contributed by atoms with Gasteiger partial charge in [0.2, 0.25) is 0 Å². The minimum Gasteiger partial charge on any atom is -0.396 e. The fourth-order valence-corrected chi connectivity index (χ4v) is 3.40. The van der Waals surface area contributed by atoms with E-state index in [1.807, 2.05) is 0 Å². The zero-order valence-corrected chi connectivity index (χ0v) is 12.2. The van der Waals surface area contributed by atoms with Crippen LogP contribution in [-0.2, 0) is 19.3 Å². The lowest BCUT2D eigenvalue weighted by Crippen LogP contribution is -2.34. The highest BCUT2D eigenvalue weighted by molar-refractivity contribution is 5.35. The number of fused-ring (bicyclic) bond motifs is 1. The molecule has 2 heteroatoms. The SMILES string of the molecule is CC(C)CC(CO)(CO)Cc1ccc2c(c1)CCC2. The van der Waals surface area contributed by atoms with E-state index in [1.165, 1.54) is 36.0 Å². The van der Waals surface area contributed by atoms with Crippen molar-refractivity contribution in [2.24, 2.45) is 11.3 Å². The number of aryl methyl sites for hydroxylation is 2. The van der Waals surface area contributed by atoms with Gasteiger partial charge in [-0.15, -0.1) is 0 Å². The van der Waals surface area contributed by atoms with Gasteiger partial charge in [0.25, 0.3) is 0 Å². The van der Waals surface area contributed by atoms with Crippen LogP contribution in [0.4, 0.5) is 0 Å². The highest BCUT2D eigenvalue weighted by Crippen LogP contribution is 2.32. The van der Waals surface area contributed by atoms with Gasteiger partial charge < -0.3 is 10.2 Å². The van der Waals surface area contributed by atoms with Gasteiger partial charge in [-0.1, -0.05) is 32.0 Å². The molecule has 0 saturated carbocycles. The van der Waals surface area contributed by atoms with Gasteiger partial charge in [-0.25, -0.2) is 0 Å². The van der Waals surface area contributed by atoms with Crippen molar-refractivity contribution in [2.75, 3.05) is 13.2 Å². The van der Waals surface area contributed by atoms with Crippen molar-refractivity contribution >= 4 is 0 Å². The lowest BCUT2D eigenvalue weighted by molar-refractivity contribution is 0.0369. The van der Waals surface area contributed by atoms with Gasteiger partial charge in [0, 0.05) is 5.41 Å². The van der Waals surface area contributed by atoms with Crippen molar-refractivity contribution < 1.29 is 10.2 Å². The van der Waals surface area contributed by atoms with E-state index in [0.717, 1.165) is 12.8 Å². The molecular weight excluding hydrogens is 236 g/mol. The van der Waals surface area contributed by atoms with Crippen molar-refractivity contribution in [2.45, 2.75) is 46.0 Å². The molecular formula is C17H26O2. The maximum atomic E-state index is 9.72. The molecule has 0 atom stereocenters. The summed E-state index contributed by atoms with van der Waals surface area (Å²) in [4.78, 5) is 0. The fraction of sp³-hybridized carbons (Fsp3) is 0.647. The molecule has 0 saturated heterocycles. The van der Waals surface area contributed by atoms with Crippen LogP contribution in [0, 0.1) is 11.3 Å². The Bertz CT molecular complexity index is 419. The second-order valence-corrected chi connectivity index (χ2v) is 6.55. The molecule has 1 aromatic rings. The van der Waals surface area contributed by atoms with Crippen LogP contribution >= 0.6 is 0 Å². The summed E-state index contributed by atoms with van der Waals surface area (Å²) in [7, 11) is 0. The number of aliphatic hydroxyl groups is 2. The van der Waals surface area contributed by atoms with Crippen LogP contribution in [0.2, 0.25) is 0 Å². The van der Waals surface area contributed by atoms with Crippen molar-refractivity contribution in [1.29, 1.82) is 0 Å². The topological polar surface area (TPSA) is 40.5 Å². The third-order valence-corrected chi connectivity index (χ3v) is 4.25. The molecule has 0 spiro atoms. The summed E-state index contributed by atoms with van der Waals surface area (Å²) < 4.78 is 0. The third-order valence-electron chi connectivity index (χ3n) is 4.25. The molecule has 19 heavy (non-hydrogen) atoms. The average Bonchev–Trinajstić information content (AvgIpc) is 2.84. The first-order chi connectivity index (χ1) is 9.08. The quantitative estimate of drug-likeness (QED) is 0.827. The van der Waals surface area contributed by atoms with Gasteiger partial charge in [-0.3, -0.25) is 0 Å². The molecule has 0 amide bonds. The maximum absolute atomic E-state index is 9.72. The van der Waals surface area contributed by atoms with E-state index in [2.05, 4.69) is 32.0 Å². The highest BCUT2D eigenvalue weighted by Gasteiger charge is 2.30. The van der Waals surface area contributed by atoms with E-state index >= 15 is 0 Å². The Labute approximate surface area is 116 Å². The maximum Gasteiger partial charge on any atom is 0.0512 e. The van der Waals surface area contributed by atoms with Crippen LogP contribution in [0.15, 0.2) is 18.2 Å². The van der Waals surface area contributed by atoms with E-state index in [4.69, 9.17) is 0 Å². The van der Waals surface area contributed by atoms with Crippen LogP contribution < -0.4 is 0 Å². The summed E-state index contributed by atoms with van der Waals surface area (Å²) >= 11 is 0. The first-order valence-electron chi connectivity index (χ1n) is 7.41. The highest BCUT2D eigenvalue weighted by atomic mass is 16.3. The molecule has 106 valence electrons. The number of hydrogen-bond acceptors (Lipinski definition) is 2. The Morgan fingerprint density at radius 1 is 1.11 bits per heavy atom. The van der Waals surface area contributed by atoms with Crippen LogP contribution in [-0.4, -0.2) is 23.4 Å². The second-order valence-electron chi connectivity index (χ2n) is 6.55. The van der Waals surface area contributed by atoms with Gasteiger partial charge >= 0.3 is 0 Å². The van der Waals surface area contributed by atoms with Crippen molar-refractivity contribution in [1.82, 2.24) is 0 Å². The minimum atomic E-state index is -0.374. The van der Waals surface area contributed by atoms with E-state index in [0.29, 0.717) is 5.92 Å². The van der Waals surface area contributed by atoms with Crippen LogP contribution in [0.3, 0.4) is 0 Å². The predicted octanol–water partition coefficient (Wildman–Crippen LogP) is 2.73. The van der Waals surface area contributed by atoms with E-state index in [-0.39, 0.29) is 18.6 Å². The molecule has 0 bridgehead atoms. The van der Waals surface area contributed by atoms with Crippen molar-refractivity contribution in [3.8, 4) is 0 Å². The first-order valence-corrected chi connectivity index (χ1v) is 7.41. The normalized spacial score (nSPS) is 15.0. The fourth-order valence-electron chi connectivity index (χ4n) is 3.40. The van der Waals surface area contributed by atoms with Crippen LogP contribution in [0.25, 0.3) is 0 Å². The molecule has 0 aliphatic heterocycles. The Morgan fingerprint density at radius 3 is 2.42 bits per heavy atom. The molecule has 0 unspecified atom stereocenters. The zero-order chi connectivity index (χ0) is 13.9. The third kappa shape index (κ3) is 3.37. The second kappa shape index (κ2) is 6.06. The van der Waals surface area contributed by atoms with Gasteiger partial charge in [-0.05, 0) is 54.7 Å². The van der Waals surface area contributed by atoms with Crippen molar-refractivity contribution in [3.63, 3.8) is 0 Å². The molecule has 2 rings (SSSR count). The Balaban J connectivity index is 2.17. The largest absolute Gasteiger partial charge is 0.396 e. The number of aliphatic hydroxyl groups excluding tert-OH is 2. The molecule has 2 N–H and O–H groups in total. The smallest absolute Gasteiger partial charge is 0.0512 e. The average molecular weight is 262 g/mol. The summed E-state index contributed by atoms with van der Waals surface area (Å²) in [5.41, 5.74) is 3.82. The van der Waals surface area contributed by atoms with Crippen LogP contribution in [0.5, 0.6) is 0 Å². The molecule has 1 aliphatic rings. The van der Waals surface area contributed by atoms with E-state index in [1.54, 1.807) is 0 Å². The summed E-state index contributed by atoms with van der Waals surface area (Å²) in [6, 6.07) is 6.68. The minimum absolute atomic E-state index is 0.0543. The molecule has 0 heterocycles. The first kappa shape index (κ1) is 14.5. The molecule has 2 nitrogen and oxygen atoms in total. The predicted molar refractivity (Wildman–Crippen MR) is 78.2 cm³/mol. The monoisotopic (exact) mass is 262 g/mol. The molecule has 0 aromatic heterocycles. The number of benzene rings is 1. The molecule has 1 aliphatic carbocycles. The Morgan fingerprint density at radius 2 is 1.79 bits per heavy atom. The zero-order valence-electron chi connectivity index (χ0n) is 12.2. The summed E-state index contributed by atoms with van der Waals surface area (Å²) in [5, 5.41) is 19.4. The molecule has 0 fully saturated rings. The lowest BCUT2D eigenvalue weighted by Gasteiger charge is -2.32. The summed E-state index contributed by atoms with van der Waals surface area (Å²) in [6.07, 6.45) is 5.27. The Hall–Kier alpha value is -0.860. The van der Waals surface area contributed by atoms with E-state index in [9.17, 15) is 10.2 Å².